The number of nitrogens with one attached hydrogen (secondary N) is 2. The van der Waals surface area contributed by atoms with Crippen molar-refractivity contribution in [1.29, 1.82) is 0 Å². The van der Waals surface area contributed by atoms with Gasteiger partial charge < -0.3 is 29.7 Å². The average molecular weight is 554 g/mol. The monoisotopic (exact) mass is 553 g/mol. The summed E-state index contributed by atoms with van der Waals surface area (Å²) in [6.07, 6.45) is -0.113. The van der Waals surface area contributed by atoms with Gasteiger partial charge in [0.05, 0.1) is 18.0 Å². The number of ether oxygens (including phenoxy) is 3. The Bertz CT molecular complexity index is 1410. The molecule has 39 heavy (non-hydrogen) atoms. The van der Waals surface area contributed by atoms with Gasteiger partial charge in [-0.05, 0) is 55.0 Å². The van der Waals surface area contributed by atoms with Crippen LogP contribution in [0.3, 0.4) is 0 Å². The average Bonchev–Trinajstić information content (AvgIpc) is 3.36. The van der Waals surface area contributed by atoms with E-state index in [1.54, 1.807) is 29.2 Å². The zero-order chi connectivity index (χ0) is 27.5. The molecular weight excluding hydrogens is 525 g/mol. The number of carbonyl (C=O) groups is 3. The molecule has 2 atom stereocenters. The third kappa shape index (κ3) is 6.14. The lowest BCUT2D eigenvalue weighted by atomic mass is 10.0. The largest absolute Gasteiger partial charge is 0.493 e. The van der Waals surface area contributed by atoms with Crippen LogP contribution < -0.4 is 24.8 Å². The van der Waals surface area contributed by atoms with Crippen LogP contribution in [-0.2, 0) is 11.3 Å². The summed E-state index contributed by atoms with van der Waals surface area (Å²) >= 11 is 1.42. The number of aryl methyl sites for hydroxylation is 1. The van der Waals surface area contributed by atoms with Crippen LogP contribution in [-0.4, -0.2) is 61.6 Å². The summed E-state index contributed by atoms with van der Waals surface area (Å²) in [4.78, 5) is 42.2. The van der Waals surface area contributed by atoms with E-state index in [1.807, 2.05) is 13.0 Å². The number of piperidine rings is 1. The first-order chi connectivity index (χ1) is 18.8. The van der Waals surface area contributed by atoms with Crippen molar-refractivity contribution in [2.24, 2.45) is 0 Å². The summed E-state index contributed by atoms with van der Waals surface area (Å²) in [5, 5.41) is 5.69. The standard InChI is InChI=1S/C28H28FN3O6S/c1-16-3-6-25(39-16)28(35)32-8-7-22-21(14-32)31-26(33)15-37-24-11-18(4-5-23(24)36-2)27(34)30-13-17-9-19(29)12-20(10-17)38-22/h3-6,9-12,21-22H,7-8,13-15H2,1-2H3,(H,30,34)(H,31,33)/t21-,22+/m1/s1. The van der Waals surface area contributed by atoms with Crippen LogP contribution in [0.2, 0.25) is 0 Å². The van der Waals surface area contributed by atoms with Gasteiger partial charge >= 0.3 is 0 Å². The zero-order valence-corrected chi connectivity index (χ0v) is 22.3. The number of thiophene rings is 1. The van der Waals surface area contributed by atoms with Crippen LogP contribution in [0.5, 0.6) is 17.2 Å². The number of hydrogen-bond donors (Lipinski definition) is 2. The smallest absolute Gasteiger partial charge is 0.264 e. The second-order valence-corrected chi connectivity index (χ2v) is 10.7. The van der Waals surface area contributed by atoms with Crippen molar-refractivity contribution in [3.63, 3.8) is 0 Å². The minimum atomic E-state index is -0.576. The minimum Gasteiger partial charge on any atom is -0.493 e. The van der Waals surface area contributed by atoms with Crippen molar-refractivity contribution in [2.45, 2.75) is 32.0 Å². The van der Waals surface area contributed by atoms with Gasteiger partial charge in [0, 0.05) is 42.6 Å². The van der Waals surface area contributed by atoms with E-state index in [1.165, 1.54) is 36.6 Å². The fourth-order valence-corrected chi connectivity index (χ4v) is 5.51. The lowest BCUT2D eigenvalue weighted by molar-refractivity contribution is -0.125. The van der Waals surface area contributed by atoms with Gasteiger partial charge in [0.1, 0.15) is 17.7 Å². The van der Waals surface area contributed by atoms with E-state index in [-0.39, 0.29) is 42.7 Å². The van der Waals surface area contributed by atoms with Crippen LogP contribution in [0.15, 0.2) is 48.5 Å². The molecular formula is C28H28FN3O6S. The van der Waals surface area contributed by atoms with Crippen molar-refractivity contribution < 1.29 is 33.0 Å². The third-order valence-corrected chi connectivity index (χ3v) is 7.58. The second-order valence-electron chi connectivity index (χ2n) is 9.41. The number of hydrogen-bond acceptors (Lipinski definition) is 7. The maximum Gasteiger partial charge on any atom is 0.264 e. The predicted octanol–water partition coefficient (Wildman–Crippen LogP) is 3.30. The van der Waals surface area contributed by atoms with Gasteiger partial charge in [-0.1, -0.05) is 0 Å². The maximum absolute atomic E-state index is 14.5. The highest BCUT2D eigenvalue weighted by atomic mass is 32.1. The van der Waals surface area contributed by atoms with E-state index >= 15 is 0 Å². The van der Waals surface area contributed by atoms with Gasteiger partial charge in [-0.15, -0.1) is 11.3 Å². The van der Waals surface area contributed by atoms with E-state index in [0.717, 1.165) is 4.88 Å². The highest BCUT2D eigenvalue weighted by Gasteiger charge is 2.35. The number of carbonyl (C=O) groups excluding carboxylic acids is 3. The Morgan fingerprint density at radius 3 is 2.77 bits per heavy atom. The Morgan fingerprint density at radius 1 is 1.15 bits per heavy atom. The topological polar surface area (TPSA) is 106 Å². The van der Waals surface area contributed by atoms with Gasteiger partial charge in [0.15, 0.2) is 18.1 Å². The summed E-state index contributed by atoms with van der Waals surface area (Å²) in [6.45, 7) is 2.27. The summed E-state index contributed by atoms with van der Waals surface area (Å²) in [5.41, 5.74) is 0.799. The Kier molecular flexibility index (Phi) is 7.69. The summed E-state index contributed by atoms with van der Waals surface area (Å²) in [6, 6.07) is 12.0. The first-order valence-corrected chi connectivity index (χ1v) is 13.3. The Morgan fingerprint density at radius 2 is 2.00 bits per heavy atom. The zero-order valence-electron chi connectivity index (χ0n) is 21.5. The molecule has 1 saturated heterocycles. The summed E-state index contributed by atoms with van der Waals surface area (Å²) in [7, 11) is 1.46. The maximum atomic E-state index is 14.5. The normalized spacial score (nSPS) is 19.6. The predicted molar refractivity (Wildman–Crippen MR) is 142 cm³/mol. The first kappa shape index (κ1) is 26.5. The molecule has 0 radical (unpaired) electrons. The molecule has 1 aromatic heterocycles. The van der Waals surface area contributed by atoms with Gasteiger partial charge in [0.25, 0.3) is 17.7 Å². The highest BCUT2D eigenvalue weighted by Crippen LogP contribution is 2.29. The molecule has 3 amide bonds. The number of methoxy groups -OCH3 is 1. The first-order valence-electron chi connectivity index (χ1n) is 12.5. The molecule has 0 spiro atoms. The minimum absolute atomic E-state index is 0.0719. The fourth-order valence-electron chi connectivity index (χ4n) is 4.67. The van der Waals surface area contributed by atoms with Gasteiger partial charge in [-0.3, -0.25) is 14.4 Å². The van der Waals surface area contributed by atoms with Gasteiger partial charge in [0.2, 0.25) is 0 Å². The molecule has 5 rings (SSSR count). The van der Waals surface area contributed by atoms with Gasteiger partial charge in [-0.25, -0.2) is 4.39 Å². The number of likely N-dealkylation sites (tertiary alicyclic amines) is 1. The molecule has 0 aliphatic carbocycles. The van der Waals surface area contributed by atoms with Crippen molar-refractivity contribution in [2.75, 3.05) is 26.8 Å². The number of rotatable bonds is 2. The molecule has 2 aliphatic rings. The van der Waals surface area contributed by atoms with Crippen LogP contribution in [0, 0.1) is 12.7 Å². The number of amides is 3. The van der Waals surface area contributed by atoms with Crippen molar-refractivity contribution >= 4 is 29.1 Å². The number of benzene rings is 2. The molecule has 2 aliphatic heterocycles. The molecule has 9 nitrogen and oxygen atoms in total. The SMILES string of the molecule is COc1ccc2cc1OCC(=O)N[C@@H]1CN(C(=O)c3ccc(C)s3)CC[C@@H]1Oc1cc(F)cc(c1)CNC2=O. The molecule has 3 aromatic rings. The molecule has 1 fully saturated rings. The molecule has 3 heterocycles. The lowest BCUT2D eigenvalue weighted by Crippen LogP contribution is -2.58. The molecule has 4 bridgehead atoms. The van der Waals surface area contributed by atoms with Crippen molar-refractivity contribution in [3.8, 4) is 17.2 Å². The fraction of sp³-hybridized carbons (Fsp3) is 0.321. The number of fused-ring (bicyclic) bond motifs is 5. The van der Waals surface area contributed by atoms with Crippen LogP contribution in [0.1, 0.15) is 36.9 Å². The van der Waals surface area contributed by atoms with E-state index < -0.39 is 29.8 Å². The Labute approximate surface area is 228 Å². The van der Waals surface area contributed by atoms with E-state index in [9.17, 15) is 18.8 Å². The molecule has 2 N–H and O–H groups in total. The number of halogens is 1. The second kappa shape index (κ2) is 11.3. The molecule has 204 valence electrons. The highest BCUT2D eigenvalue weighted by molar-refractivity contribution is 7.13. The lowest BCUT2D eigenvalue weighted by Gasteiger charge is -2.38. The van der Waals surface area contributed by atoms with Crippen LogP contribution in [0.25, 0.3) is 0 Å². The molecule has 0 unspecified atom stereocenters. The summed E-state index contributed by atoms with van der Waals surface area (Å²) < 4.78 is 31.7. The van der Waals surface area contributed by atoms with Crippen molar-refractivity contribution in [3.05, 3.63) is 75.2 Å². The Hall–Kier alpha value is -4.12. The van der Waals surface area contributed by atoms with E-state index in [0.29, 0.717) is 29.2 Å². The van der Waals surface area contributed by atoms with Crippen LogP contribution >= 0.6 is 11.3 Å². The molecule has 2 aromatic carbocycles. The molecule has 0 saturated carbocycles. The van der Waals surface area contributed by atoms with E-state index in [2.05, 4.69) is 10.6 Å². The molecule has 11 heteroatoms. The Balaban J connectivity index is 1.44. The van der Waals surface area contributed by atoms with Crippen molar-refractivity contribution in [1.82, 2.24) is 15.5 Å². The number of nitrogens with zero attached hydrogens (tertiary/aromatic N) is 1. The van der Waals surface area contributed by atoms with Gasteiger partial charge in [-0.2, -0.15) is 0 Å². The van der Waals surface area contributed by atoms with E-state index in [4.69, 9.17) is 14.2 Å². The quantitative estimate of drug-likeness (QED) is 0.505. The summed E-state index contributed by atoms with van der Waals surface area (Å²) in [5.74, 6) is -0.623. The third-order valence-electron chi connectivity index (χ3n) is 6.59. The van der Waals surface area contributed by atoms with Crippen LogP contribution in [0.4, 0.5) is 4.39 Å².